The molecule has 1 N–H and O–H groups in total. The van der Waals surface area contributed by atoms with Gasteiger partial charge < -0.3 is 5.11 Å². The van der Waals surface area contributed by atoms with Gasteiger partial charge in [-0.25, -0.2) is 4.79 Å². The summed E-state index contributed by atoms with van der Waals surface area (Å²) in [5.41, 5.74) is 1.42. The highest BCUT2D eigenvalue weighted by Crippen LogP contribution is 2.37. The number of likely N-dealkylation sites (tertiary alicyclic amines) is 1. The summed E-state index contributed by atoms with van der Waals surface area (Å²) in [5, 5.41) is 9.26. The number of carboxylic acid groups (broad SMARTS) is 1. The third kappa shape index (κ3) is 2.52. The standard InChI is InChI=1S/C16H21NO2/c18-16(19)14-8-2-1-5-13(14)11-17-10-4-7-12-6-3-9-15(12)17/h1-2,5,8,12,15H,3-4,6-7,9-11H2,(H,18,19). The van der Waals surface area contributed by atoms with Gasteiger partial charge in [0.15, 0.2) is 0 Å². The predicted molar refractivity (Wildman–Crippen MR) is 74.2 cm³/mol. The van der Waals surface area contributed by atoms with Crippen molar-refractivity contribution in [2.75, 3.05) is 6.54 Å². The Morgan fingerprint density at radius 3 is 2.84 bits per heavy atom. The molecular formula is C16H21NO2. The third-order valence-electron chi connectivity index (χ3n) is 4.73. The first kappa shape index (κ1) is 12.7. The molecule has 1 aromatic rings. The molecule has 19 heavy (non-hydrogen) atoms. The first-order valence-corrected chi connectivity index (χ1v) is 7.31. The molecule has 1 aromatic carbocycles. The summed E-state index contributed by atoms with van der Waals surface area (Å²) in [6.07, 6.45) is 6.62. The summed E-state index contributed by atoms with van der Waals surface area (Å²) in [6.45, 7) is 1.92. The van der Waals surface area contributed by atoms with Gasteiger partial charge in [0, 0.05) is 12.6 Å². The minimum atomic E-state index is -0.810. The minimum Gasteiger partial charge on any atom is -0.478 e. The van der Waals surface area contributed by atoms with Crippen molar-refractivity contribution in [3.05, 3.63) is 35.4 Å². The van der Waals surface area contributed by atoms with Crippen molar-refractivity contribution in [2.45, 2.75) is 44.7 Å². The molecule has 2 aliphatic rings. The average Bonchev–Trinajstić information content (AvgIpc) is 2.88. The summed E-state index contributed by atoms with van der Waals surface area (Å²) < 4.78 is 0. The first-order valence-electron chi connectivity index (χ1n) is 7.31. The Bertz CT molecular complexity index is 472. The van der Waals surface area contributed by atoms with E-state index in [-0.39, 0.29) is 0 Å². The molecule has 2 atom stereocenters. The maximum Gasteiger partial charge on any atom is 0.336 e. The van der Waals surface area contributed by atoms with Crippen LogP contribution in [-0.2, 0) is 6.54 Å². The maximum atomic E-state index is 11.3. The van der Waals surface area contributed by atoms with Crippen molar-refractivity contribution in [2.24, 2.45) is 5.92 Å². The van der Waals surface area contributed by atoms with Crippen molar-refractivity contribution < 1.29 is 9.90 Å². The molecule has 3 heteroatoms. The molecule has 102 valence electrons. The van der Waals surface area contributed by atoms with Crippen LogP contribution < -0.4 is 0 Å². The Hall–Kier alpha value is -1.35. The van der Waals surface area contributed by atoms with Crippen LogP contribution in [0.5, 0.6) is 0 Å². The summed E-state index contributed by atoms with van der Waals surface area (Å²) in [5.74, 6) is 0.0429. The van der Waals surface area contributed by atoms with Crippen molar-refractivity contribution >= 4 is 5.97 Å². The summed E-state index contributed by atoms with van der Waals surface area (Å²) in [6, 6.07) is 8.12. The molecule has 1 saturated heterocycles. The Kier molecular flexibility index (Phi) is 3.56. The topological polar surface area (TPSA) is 40.5 Å². The Morgan fingerprint density at radius 1 is 1.21 bits per heavy atom. The normalized spacial score (nSPS) is 27.2. The Morgan fingerprint density at radius 2 is 2.00 bits per heavy atom. The van der Waals surface area contributed by atoms with E-state index in [9.17, 15) is 9.90 Å². The molecule has 3 nitrogen and oxygen atoms in total. The molecule has 0 spiro atoms. The van der Waals surface area contributed by atoms with Crippen LogP contribution in [0.2, 0.25) is 0 Å². The number of aromatic carboxylic acids is 1. The number of hydrogen-bond acceptors (Lipinski definition) is 2. The maximum absolute atomic E-state index is 11.3. The van der Waals surface area contributed by atoms with Crippen LogP contribution in [0.3, 0.4) is 0 Å². The number of hydrogen-bond donors (Lipinski definition) is 1. The Balaban J connectivity index is 1.79. The quantitative estimate of drug-likeness (QED) is 0.906. The van der Waals surface area contributed by atoms with E-state index in [1.807, 2.05) is 18.2 Å². The molecule has 1 saturated carbocycles. The second-order valence-electron chi connectivity index (χ2n) is 5.83. The van der Waals surface area contributed by atoms with E-state index < -0.39 is 5.97 Å². The van der Waals surface area contributed by atoms with E-state index in [0.717, 1.165) is 24.6 Å². The highest BCUT2D eigenvalue weighted by molar-refractivity contribution is 5.89. The van der Waals surface area contributed by atoms with Crippen LogP contribution in [0.15, 0.2) is 24.3 Å². The summed E-state index contributed by atoms with van der Waals surface area (Å²) in [7, 11) is 0. The van der Waals surface area contributed by atoms with Crippen LogP contribution in [0.1, 0.15) is 48.0 Å². The van der Waals surface area contributed by atoms with Gasteiger partial charge in [-0.3, -0.25) is 4.90 Å². The van der Waals surface area contributed by atoms with Gasteiger partial charge in [-0.2, -0.15) is 0 Å². The molecule has 0 radical (unpaired) electrons. The average molecular weight is 259 g/mol. The zero-order chi connectivity index (χ0) is 13.2. The smallest absolute Gasteiger partial charge is 0.336 e. The lowest BCUT2D eigenvalue weighted by Crippen LogP contribution is -2.42. The minimum absolute atomic E-state index is 0.461. The van der Waals surface area contributed by atoms with Crippen molar-refractivity contribution in [1.82, 2.24) is 4.90 Å². The molecule has 1 aliphatic carbocycles. The number of carbonyl (C=O) groups is 1. The number of carboxylic acids is 1. The molecule has 1 aliphatic heterocycles. The lowest BCUT2D eigenvalue weighted by Gasteiger charge is -2.38. The lowest BCUT2D eigenvalue weighted by molar-refractivity contribution is 0.0689. The number of fused-ring (bicyclic) bond motifs is 1. The van der Waals surface area contributed by atoms with Crippen molar-refractivity contribution in [3.8, 4) is 0 Å². The fourth-order valence-corrected chi connectivity index (χ4v) is 3.84. The van der Waals surface area contributed by atoms with E-state index in [1.54, 1.807) is 6.07 Å². The van der Waals surface area contributed by atoms with Crippen LogP contribution in [0.25, 0.3) is 0 Å². The van der Waals surface area contributed by atoms with E-state index in [0.29, 0.717) is 11.6 Å². The number of nitrogens with zero attached hydrogens (tertiary/aromatic N) is 1. The monoisotopic (exact) mass is 259 g/mol. The van der Waals surface area contributed by atoms with E-state index in [2.05, 4.69) is 4.90 Å². The second kappa shape index (κ2) is 5.33. The molecule has 3 rings (SSSR count). The van der Waals surface area contributed by atoms with Gasteiger partial charge in [0.25, 0.3) is 0 Å². The fraction of sp³-hybridized carbons (Fsp3) is 0.562. The SMILES string of the molecule is O=C(O)c1ccccc1CN1CCCC2CCCC21. The molecule has 1 heterocycles. The zero-order valence-corrected chi connectivity index (χ0v) is 11.2. The lowest BCUT2D eigenvalue weighted by atomic mass is 9.91. The second-order valence-corrected chi connectivity index (χ2v) is 5.83. The van der Waals surface area contributed by atoms with E-state index in [1.165, 1.54) is 32.1 Å². The van der Waals surface area contributed by atoms with Crippen LogP contribution in [-0.4, -0.2) is 28.6 Å². The Labute approximate surface area is 114 Å². The van der Waals surface area contributed by atoms with Gasteiger partial charge in [0.2, 0.25) is 0 Å². The number of rotatable bonds is 3. The first-order chi connectivity index (χ1) is 9.25. The molecular weight excluding hydrogens is 238 g/mol. The van der Waals surface area contributed by atoms with Gasteiger partial charge >= 0.3 is 5.97 Å². The van der Waals surface area contributed by atoms with Gasteiger partial charge in [0.1, 0.15) is 0 Å². The molecule has 0 amide bonds. The van der Waals surface area contributed by atoms with E-state index in [4.69, 9.17) is 0 Å². The van der Waals surface area contributed by atoms with Crippen molar-refractivity contribution in [3.63, 3.8) is 0 Å². The summed E-state index contributed by atoms with van der Waals surface area (Å²) in [4.78, 5) is 13.8. The highest BCUT2D eigenvalue weighted by atomic mass is 16.4. The van der Waals surface area contributed by atoms with Crippen LogP contribution in [0.4, 0.5) is 0 Å². The third-order valence-corrected chi connectivity index (χ3v) is 4.73. The molecule has 0 bridgehead atoms. The van der Waals surface area contributed by atoms with Gasteiger partial charge in [0.05, 0.1) is 5.56 Å². The summed E-state index contributed by atoms with van der Waals surface area (Å²) >= 11 is 0. The molecule has 2 fully saturated rings. The number of piperidine rings is 1. The van der Waals surface area contributed by atoms with E-state index >= 15 is 0 Å². The largest absolute Gasteiger partial charge is 0.478 e. The van der Waals surface area contributed by atoms with Gasteiger partial charge in [-0.05, 0) is 49.8 Å². The van der Waals surface area contributed by atoms with Gasteiger partial charge in [-0.15, -0.1) is 0 Å². The highest BCUT2D eigenvalue weighted by Gasteiger charge is 2.35. The zero-order valence-electron chi connectivity index (χ0n) is 11.2. The predicted octanol–water partition coefficient (Wildman–Crippen LogP) is 3.15. The van der Waals surface area contributed by atoms with Crippen molar-refractivity contribution in [1.29, 1.82) is 0 Å². The van der Waals surface area contributed by atoms with Gasteiger partial charge in [-0.1, -0.05) is 24.6 Å². The van der Waals surface area contributed by atoms with Crippen LogP contribution >= 0.6 is 0 Å². The molecule has 0 aromatic heterocycles. The fourth-order valence-electron chi connectivity index (χ4n) is 3.84. The molecule has 2 unspecified atom stereocenters. The number of benzene rings is 1. The van der Waals surface area contributed by atoms with Crippen LogP contribution in [0, 0.1) is 5.92 Å².